The van der Waals surface area contributed by atoms with E-state index in [0.717, 1.165) is 5.56 Å². The van der Waals surface area contributed by atoms with E-state index < -0.39 is 16.0 Å². The zero-order valence-corrected chi connectivity index (χ0v) is 20.3. The van der Waals surface area contributed by atoms with Crippen LogP contribution in [0.1, 0.15) is 21.5 Å². The number of furan rings is 1. The van der Waals surface area contributed by atoms with Gasteiger partial charge in [-0.05, 0) is 72.6 Å². The number of methoxy groups -OCH3 is 2. The van der Waals surface area contributed by atoms with Crippen molar-refractivity contribution in [2.24, 2.45) is 0 Å². The normalized spacial score (nSPS) is 11.2. The molecule has 0 amide bonds. The lowest BCUT2D eigenvalue weighted by Crippen LogP contribution is -2.32. The number of nitrogens with zero attached hydrogens (tertiary/aromatic N) is 2. The number of hydrogen-bond donors (Lipinski definition) is 0. The average Bonchev–Trinajstić information content (AvgIpc) is 3.42. The molecular weight excluding hydrogens is 468 g/mol. The Labute approximate surface area is 203 Å². The number of sulfonamides is 1. The maximum Gasteiger partial charge on any atom is 0.340 e. The highest BCUT2D eigenvalue weighted by atomic mass is 32.2. The number of aryl methyl sites for hydroxylation is 1. The van der Waals surface area contributed by atoms with Crippen LogP contribution < -0.4 is 9.04 Å². The molecule has 0 bridgehead atoms. The summed E-state index contributed by atoms with van der Waals surface area (Å²) in [6.45, 7) is 1.73. The molecule has 0 fully saturated rings. The van der Waals surface area contributed by atoms with Crippen LogP contribution in [-0.4, -0.2) is 33.6 Å². The number of anilines is 1. The first-order valence-electron chi connectivity index (χ1n) is 10.7. The predicted molar refractivity (Wildman–Crippen MR) is 131 cm³/mol. The molecule has 2 aromatic carbocycles. The Morgan fingerprint density at radius 1 is 1.06 bits per heavy atom. The van der Waals surface area contributed by atoms with Crippen LogP contribution in [0, 0.1) is 6.92 Å². The Morgan fingerprint density at radius 3 is 2.43 bits per heavy atom. The number of carbonyl (C=O) groups excluding carboxylic acids is 1. The third-order valence-electron chi connectivity index (χ3n) is 5.39. The van der Waals surface area contributed by atoms with Crippen LogP contribution in [0.5, 0.6) is 5.75 Å². The van der Waals surface area contributed by atoms with Gasteiger partial charge in [0.1, 0.15) is 11.5 Å². The van der Waals surface area contributed by atoms with Crippen LogP contribution in [0.3, 0.4) is 0 Å². The average molecular weight is 493 g/mol. The van der Waals surface area contributed by atoms with Gasteiger partial charge < -0.3 is 13.9 Å². The molecule has 8 nitrogen and oxygen atoms in total. The monoisotopic (exact) mass is 492 g/mol. The van der Waals surface area contributed by atoms with Crippen molar-refractivity contribution in [1.29, 1.82) is 0 Å². The number of ether oxygens (including phenoxy) is 2. The smallest absolute Gasteiger partial charge is 0.340 e. The molecule has 4 aromatic rings. The van der Waals surface area contributed by atoms with Gasteiger partial charge in [0, 0.05) is 18.0 Å². The van der Waals surface area contributed by atoms with E-state index in [1.165, 1.54) is 36.9 Å². The van der Waals surface area contributed by atoms with E-state index in [4.69, 9.17) is 13.9 Å². The van der Waals surface area contributed by atoms with Gasteiger partial charge >= 0.3 is 5.97 Å². The third-order valence-corrected chi connectivity index (χ3v) is 7.15. The second-order valence-electron chi connectivity index (χ2n) is 7.73. The van der Waals surface area contributed by atoms with E-state index in [-0.39, 0.29) is 22.7 Å². The molecule has 9 heteroatoms. The molecular formula is C26H24N2O6S. The quantitative estimate of drug-likeness (QED) is 0.325. The van der Waals surface area contributed by atoms with Crippen LogP contribution in [0.25, 0.3) is 11.3 Å². The Bertz CT molecular complexity index is 1420. The lowest BCUT2D eigenvalue weighted by atomic mass is 10.0. The van der Waals surface area contributed by atoms with E-state index in [0.29, 0.717) is 22.6 Å². The molecule has 0 aliphatic heterocycles. The van der Waals surface area contributed by atoms with Gasteiger partial charge in [-0.15, -0.1) is 0 Å². The molecule has 0 aliphatic carbocycles. The molecule has 0 atom stereocenters. The molecule has 0 radical (unpaired) electrons. The van der Waals surface area contributed by atoms with Crippen molar-refractivity contribution < 1.29 is 27.1 Å². The SMILES string of the molecule is COC(=O)c1cc(C)cc(-c2ccco2)c1N(Cc1cccnc1)S(=O)(=O)c1ccc(OC)cc1. The second-order valence-corrected chi connectivity index (χ2v) is 9.59. The maximum atomic E-state index is 14.1. The number of pyridine rings is 1. The van der Waals surface area contributed by atoms with Gasteiger partial charge in [-0.3, -0.25) is 9.29 Å². The van der Waals surface area contributed by atoms with E-state index in [1.54, 1.807) is 60.9 Å². The molecule has 0 saturated heterocycles. The number of benzene rings is 2. The highest BCUT2D eigenvalue weighted by molar-refractivity contribution is 7.92. The summed E-state index contributed by atoms with van der Waals surface area (Å²) in [7, 11) is -1.41. The number of rotatable bonds is 8. The topological polar surface area (TPSA) is 98.9 Å². The van der Waals surface area contributed by atoms with Gasteiger partial charge in [-0.1, -0.05) is 6.07 Å². The summed E-state index contributed by atoms with van der Waals surface area (Å²) in [6.07, 6.45) is 4.67. The van der Waals surface area contributed by atoms with E-state index >= 15 is 0 Å². The van der Waals surface area contributed by atoms with Crippen LogP contribution in [0.2, 0.25) is 0 Å². The van der Waals surface area contributed by atoms with Crippen molar-refractivity contribution in [3.63, 3.8) is 0 Å². The van der Waals surface area contributed by atoms with Gasteiger partial charge in [-0.25, -0.2) is 13.2 Å². The molecule has 2 heterocycles. The van der Waals surface area contributed by atoms with E-state index in [2.05, 4.69) is 4.98 Å². The highest BCUT2D eigenvalue weighted by Gasteiger charge is 2.32. The first kappa shape index (κ1) is 24.0. The van der Waals surface area contributed by atoms with Gasteiger partial charge in [0.05, 0.1) is 43.2 Å². The maximum absolute atomic E-state index is 14.1. The zero-order valence-electron chi connectivity index (χ0n) is 19.5. The van der Waals surface area contributed by atoms with Gasteiger partial charge in [0.15, 0.2) is 0 Å². The van der Waals surface area contributed by atoms with Gasteiger partial charge in [-0.2, -0.15) is 0 Å². The van der Waals surface area contributed by atoms with Crippen LogP contribution in [0.15, 0.2) is 88.6 Å². The molecule has 180 valence electrons. The van der Waals surface area contributed by atoms with Crippen LogP contribution in [0.4, 0.5) is 5.69 Å². The summed E-state index contributed by atoms with van der Waals surface area (Å²) >= 11 is 0. The molecule has 0 N–H and O–H groups in total. The molecule has 0 aliphatic rings. The largest absolute Gasteiger partial charge is 0.497 e. The van der Waals surface area contributed by atoms with Crippen molar-refractivity contribution in [2.45, 2.75) is 18.4 Å². The van der Waals surface area contributed by atoms with Crippen molar-refractivity contribution in [3.8, 4) is 17.1 Å². The molecule has 4 rings (SSSR count). The lowest BCUT2D eigenvalue weighted by molar-refractivity contribution is 0.0601. The van der Waals surface area contributed by atoms with E-state index in [9.17, 15) is 13.2 Å². The minimum atomic E-state index is -4.17. The summed E-state index contributed by atoms with van der Waals surface area (Å²) in [4.78, 5) is 17.1. The van der Waals surface area contributed by atoms with Crippen molar-refractivity contribution in [1.82, 2.24) is 4.98 Å². The van der Waals surface area contributed by atoms with Gasteiger partial charge in [0.2, 0.25) is 0 Å². The van der Waals surface area contributed by atoms with Crippen molar-refractivity contribution in [2.75, 3.05) is 18.5 Å². The van der Waals surface area contributed by atoms with Crippen molar-refractivity contribution in [3.05, 3.63) is 96.0 Å². The fourth-order valence-electron chi connectivity index (χ4n) is 3.75. The minimum Gasteiger partial charge on any atom is -0.497 e. The molecule has 35 heavy (non-hydrogen) atoms. The molecule has 0 spiro atoms. The minimum absolute atomic E-state index is 0.0315. The Balaban J connectivity index is 2.01. The summed E-state index contributed by atoms with van der Waals surface area (Å²) in [5.74, 6) is 0.261. The fourth-order valence-corrected chi connectivity index (χ4v) is 5.24. The molecule has 0 unspecified atom stereocenters. The standard InChI is InChI=1S/C26H24N2O6S/c1-18-14-22(24-7-5-13-34-24)25(23(15-18)26(29)33-3)28(17-19-6-4-12-27-16-19)35(30,31)21-10-8-20(32-2)9-11-21/h4-16H,17H2,1-3H3. The molecule has 0 saturated carbocycles. The Kier molecular flexibility index (Phi) is 6.88. The zero-order chi connectivity index (χ0) is 25.0. The number of carbonyl (C=O) groups is 1. The summed E-state index contributed by atoms with van der Waals surface area (Å²) in [5.41, 5.74) is 2.06. The third kappa shape index (κ3) is 4.90. The lowest BCUT2D eigenvalue weighted by Gasteiger charge is -2.28. The van der Waals surface area contributed by atoms with Gasteiger partial charge in [0.25, 0.3) is 10.0 Å². The second kappa shape index (κ2) is 10.0. The number of hydrogen-bond acceptors (Lipinski definition) is 7. The number of aromatic nitrogens is 1. The van der Waals surface area contributed by atoms with Crippen molar-refractivity contribution >= 4 is 21.7 Å². The number of esters is 1. The highest BCUT2D eigenvalue weighted by Crippen LogP contribution is 2.40. The summed E-state index contributed by atoms with van der Waals surface area (Å²) < 4.78 is 45.2. The fraction of sp³-hybridized carbons (Fsp3) is 0.154. The summed E-state index contributed by atoms with van der Waals surface area (Å²) in [5, 5.41) is 0. The van der Waals surface area contributed by atoms with E-state index in [1.807, 2.05) is 6.92 Å². The Hall–Kier alpha value is -4.11. The van der Waals surface area contributed by atoms with Crippen LogP contribution in [-0.2, 0) is 21.3 Å². The van der Waals surface area contributed by atoms with Crippen LogP contribution >= 0.6 is 0 Å². The summed E-state index contributed by atoms with van der Waals surface area (Å²) in [6, 6.07) is 16.3. The molecule has 2 aromatic heterocycles. The predicted octanol–water partition coefficient (Wildman–Crippen LogP) is 4.84. The first-order chi connectivity index (χ1) is 16.8. The Morgan fingerprint density at radius 2 is 1.83 bits per heavy atom. The first-order valence-corrected chi connectivity index (χ1v) is 12.1.